The quantitative estimate of drug-likeness (QED) is 0.750. The van der Waals surface area contributed by atoms with E-state index in [2.05, 4.69) is 21.0 Å². The molecule has 5 rings (SSSR count). The summed E-state index contributed by atoms with van der Waals surface area (Å²) >= 11 is 4.04. The van der Waals surface area contributed by atoms with Crippen LogP contribution in [0.2, 0.25) is 0 Å². The molecule has 1 heterocycles. The van der Waals surface area contributed by atoms with Gasteiger partial charge in [0, 0.05) is 43.1 Å². The molecule has 2 atom stereocenters. The Labute approximate surface area is 146 Å². The summed E-state index contributed by atoms with van der Waals surface area (Å²) in [5.41, 5.74) is 1.36. The van der Waals surface area contributed by atoms with Crippen molar-refractivity contribution >= 4 is 21.8 Å². The van der Waals surface area contributed by atoms with Crippen LogP contribution in [0, 0.1) is 17.3 Å². The van der Waals surface area contributed by atoms with Gasteiger partial charge in [-0.05, 0) is 55.8 Å². The first-order valence-electron chi connectivity index (χ1n) is 8.75. The number of aromatic nitrogens is 2. The van der Waals surface area contributed by atoms with Crippen molar-refractivity contribution in [3.63, 3.8) is 0 Å². The molecular formula is C18H26BrN3O. The van der Waals surface area contributed by atoms with Gasteiger partial charge in [-0.3, -0.25) is 9.48 Å². The molecular weight excluding hydrogens is 354 g/mol. The maximum absolute atomic E-state index is 12.8. The van der Waals surface area contributed by atoms with E-state index in [1.165, 1.54) is 38.5 Å². The molecule has 4 saturated carbocycles. The van der Waals surface area contributed by atoms with Crippen LogP contribution in [0.1, 0.15) is 50.5 Å². The second kappa shape index (κ2) is 5.33. The van der Waals surface area contributed by atoms with E-state index in [9.17, 15) is 4.79 Å². The third-order valence-electron chi connectivity index (χ3n) is 6.24. The Balaban J connectivity index is 1.44. The van der Waals surface area contributed by atoms with Crippen LogP contribution < -0.4 is 0 Å². The van der Waals surface area contributed by atoms with Gasteiger partial charge < -0.3 is 4.90 Å². The molecule has 4 bridgehead atoms. The number of rotatable bonds is 4. The first-order valence-corrected chi connectivity index (χ1v) is 9.55. The maximum Gasteiger partial charge on any atom is 0.223 e. The van der Waals surface area contributed by atoms with E-state index in [0.717, 1.165) is 23.8 Å². The molecule has 0 N–H and O–H groups in total. The summed E-state index contributed by atoms with van der Waals surface area (Å²) in [6, 6.07) is 0. The lowest BCUT2D eigenvalue weighted by atomic mass is 9.48. The fourth-order valence-corrected chi connectivity index (χ4v) is 7.42. The molecule has 0 aromatic carbocycles. The molecule has 0 saturated heterocycles. The van der Waals surface area contributed by atoms with Crippen LogP contribution in [0.4, 0.5) is 0 Å². The van der Waals surface area contributed by atoms with Crippen molar-refractivity contribution in [2.75, 3.05) is 7.05 Å². The number of halogens is 1. The smallest absolute Gasteiger partial charge is 0.223 e. The molecule has 4 fully saturated rings. The largest absolute Gasteiger partial charge is 0.341 e. The summed E-state index contributed by atoms with van der Waals surface area (Å²) in [7, 11) is 3.84. The van der Waals surface area contributed by atoms with Crippen molar-refractivity contribution < 1.29 is 4.79 Å². The summed E-state index contributed by atoms with van der Waals surface area (Å²) < 4.78 is 2.13. The topological polar surface area (TPSA) is 38.1 Å². The highest BCUT2D eigenvalue weighted by atomic mass is 79.9. The summed E-state index contributed by atoms with van der Waals surface area (Å²) in [6.07, 6.45) is 12.3. The van der Waals surface area contributed by atoms with Crippen molar-refractivity contribution in [1.29, 1.82) is 0 Å². The van der Waals surface area contributed by atoms with Crippen LogP contribution in [0.15, 0.2) is 12.4 Å². The summed E-state index contributed by atoms with van der Waals surface area (Å²) in [4.78, 5) is 14.7. The average Bonchev–Trinajstić information content (AvgIpc) is 2.80. The summed E-state index contributed by atoms with van der Waals surface area (Å²) in [6.45, 7) is 0.662. The van der Waals surface area contributed by atoms with Gasteiger partial charge in [0.1, 0.15) is 0 Å². The molecule has 23 heavy (non-hydrogen) atoms. The third kappa shape index (κ3) is 2.97. The monoisotopic (exact) mass is 379 g/mol. The van der Waals surface area contributed by atoms with Gasteiger partial charge in [-0.25, -0.2) is 0 Å². The van der Waals surface area contributed by atoms with Gasteiger partial charge >= 0.3 is 0 Å². The van der Waals surface area contributed by atoms with Crippen molar-refractivity contribution in [3.8, 4) is 0 Å². The van der Waals surface area contributed by atoms with Crippen molar-refractivity contribution in [2.24, 2.45) is 24.3 Å². The molecule has 1 aromatic heterocycles. The molecule has 2 unspecified atom stereocenters. The molecule has 0 radical (unpaired) electrons. The first-order chi connectivity index (χ1) is 10.8. The molecule has 0 aliphatic heterocycles. The Hall–Kier alpha value is -0.840. The maximum atomic E-state index is 12.8. The molecule has 4 nitrogen and oxygen atoms in total. The summed E-state index contributed by atoms with van der Waals surface area (Å²) in [5, 5.41) is 4.19. The zero-order chi connectivity index (χ0) is 16.2. The second-order valence-electron chi connectivity index (χ2n) is 8.56. The lowest BCUT2D eigenvalue weighted by molar-refractivity contribution is -0.137. The van der Waals surface area contributed by atoms with Crippen molar-refractivity contribution in [2.45, 2.75) is 55.8 Å². The molecule has 0 spiro atoms. The third-order valence-corrected chi connectivity index (χ3v) is 7.17. The predicted octanol–water partition coefficient (Wildman–Crippen LogP) is 3.50. The molecule has 1 amide bonds. The van der Waals surface area contributed by atoms with Gasteiger partial charge in [0.05, 0.1) is 6.20 Å². The minimum Gasteiger partial charge on any atom is -0.341 e. The standard InChI is InChI=1S/C18H26BrN3O/c1-21(10-15-9-20-22(2)11-15)16(23)8-17-4-13-3-14(5-17)7-18(19,6-13)12-17/h9,11,13-14H,3-8,10,12H2,1-2H3. The van der Waals surface area contributed by atoms with E-state index in [0.29, 0.717) is 16.8 Å². The Morgan fingerprint density at radius 1 is 1.39 bits per heavy atom. The molecule has 126 valence electrons. The van der Waals surface area contributed by atoms with Crippen LogP contribution in [0.5, 0.6) is 0 Å². The molecule has 5 heteroatoms. The number of hydrogen-bond acceptors (Lipinski definition) is 2. The van der Waals surface area contributed by atoms with Crippen molar-refractivity contribution in [3.05, 3.63) is 18.0 Å². The Morgan fingerprint density at radius 3 is 2.65 bits per heavy atom. The van der Waals surface area contributed by atoms with Crippen LogP contribution in [-0.4, -0.2) is 32.0 Å². The minimum absolute atomic E-state index is 0.258. The van der Waals surface area contributed by atoms with Crippen LogP contribution in [-0.2, 0) is 18.4 Å². The Kier molecular flexibility index (Phi) is 3.63. The molecule has 1 aromatic rings. The highest BCUT2D eigenvalue weighted by molar-refractivity contribution is 9.10. The van der Waals surface area contributed by atoms with E-state index >= 15 is 0 Å². The lowest BCUT2D eigenvalue weighted by Crippen LogP contribution is -2.54. The van der Waals surface area contributed by atoms with Crippen LogP contribution in [0.25, 0.3) is 0 Å². The summed E-state index contributed by atoms with van der Waals surface area (Å²) in [5.74, 6) is 1.98. The minimum atomic E-state index is 0.258. The van der Waals surface area contributed by atoms with Crippen LogP contribution >= 0.6 is 15.9 Å². The normalized spacial score (nSPS) is 38.0. The average molecular weight is 380 g/mol. The van der Waals surface area contributed by atoms with Crippen molar-refractivity contribution in [1.82, 2.24) is 14.7 Å². The van der Waals surface area contributed by atoms with Gasteiger partial charge in [-0.15, -0.1) is 0 Å². The number of carbonyl (C=O) groups excluding carboxylic acids is 1. The number of carbonyl (C=O) groups is 1. The second-order valence-corrected chi connectivity index (χ2v) is 10.2. The number of amides is 1. The number of hydrogen-bond donors (Lipinski definition) is 0. The van der Waals surface area contributed by atoms with E-state index in [1.807, 2.05) is 31.4 Å². The Morgan fingerprint density at radius 2 is 2.09 bits per heavy atom. The van der Waals surface area contributed by atoms with Gasteiger partial charge in [0.2, 0.25) is 5.91 Å². The van der Waals surface area contributed by atoms with E-state index < -0.39 is 0 Å². The van der Waals surface area contributed by atoms with Crippen LogP contribution in [0.3, 0.4) is 0 Å². The fourth-order valence-electron chi connectivity index (χ4n) is 5.91. The van der Waals surface area contributed by atoms with E-state index in [1.54, 1.807) is 4.68 Å². The lowest BCUT2D eigenvalue weighted by Gasteiger charge is -2.60. The molecule has 4 aliphatic rings. The number of nitrogens with zero attached hydrogens (tertiary/aromatic N) is 3. The fraction of sp³-hybridized carbons (Fsp3) is 0.778. The zero-order valence-electron chi connectivity index (χ0n) is 14.1. The number of alkyl halides is 1. The van der Waals surface area contributed by atoms with Gasteiger partial charge in [-0.2, -0.15) is 5.10 Å². The van der Waals surface area contributed by atoms with Gasteiger partial charge in [0.25, 0.3) is 0 Å². The highest BCUT2D eigenvalue weighted by Crippen LogP contribution is 2.65. The number of aryl methyl sites for hydroxylation is 1. The van der Waals surface area contributed by atoms with E-state index in [4.69, 9.17) is 0 Å². The van der Waals surface area contributed by atoms with Gasteiger partial charge in [0.15, 0.2) is 0 Å². The SMILES string of the molecule is CN(Cc1cnn(C)c1)C(=O)CC12CC3CC(CC(Br)(C3)C1)C2. The molecule has 4 aliphatic carbocycles. The first kappa shape index (κ1) is 15.7. The Bertz CT molecular complexity index is 612. The zero-order valence-corrected chi connectivity index (χ0v) is 15.7. The highest BCUT2D eigenvalue weighted by Gasteiger charge is 2.57. The van der Waals surface area contributed by atoms with Gasteiger partial charge in [-0.1, -0.05) is 15.9 Å². The predicted molar refractivity (Wildman–Crippen MR) is 93.1 cm³/mol. The van der Waals surface area contributed by atoms with E-state index in [-0.39, 0.29) is 5.41 Å².